The molecule has 1 fully saturated rings. The number of nitrogens with one attached hydrogen (secondary N) is 2. The molecule has 2 aromatic carbocycles. The van der Waals surface area contributed by atoms with Crippen molar-refractivity contribution < 1.29 is 26.3 Å². The topological polar surface area (TPSA) is 113 Å². The molecule has 0 bridgehead atoms. The maximum absolute atomic E-state index is 12.9. The average Bonchev–Trinajstić information content (AvgIpc) is 3.27. The molecular formula is C26H26ClF3N6O3S. The van der Waals surface area contributed by atoms with Crippen LogP contribution in [0.2, 0.25) is 5.02 Å². The van der Waals surface area contributed by atoms with E-state index in [1.165, 1.54) is 17.0 Å². The van der Waals surface area contributed by atoms with E-state index < -0.39 is 22.7 Å². The molecule has 1 aliphatic rings. The number of H-pyrrole nitrogens is 1. The Morgan fingerprint density at radius 3 is 2.48 bits per heavy atom. The van der Waals surface area contributed by atoms with Gasteiger partial charge in [0.15, 0.2) is 11.5 Å². The molecule has 0 amide bonds. The molecule has 14 heteroatoms. The quantitative estimate of drug-likeness (QED) is 0.291. The zero-order valence-electron chi connectivity index (χ0n) is 21.6. The van der Waals surface area contributed by atoms with Crippen LogP contribution in [0.1, 0.15) is 24.1 Å². The van der Waals surface area contributed by atoms with Crippen molar-refractivity contribution in [3.05, 3.63) is 58.7 Å². The zero-order chi connectivity index (χ0) is 28.7. The Bertz CT molecular complexity index is 1640. The number of sulfonamides is 1. The third-order valence-corrected chi connectivity index (χ3v) is 8.41. The molecule has 3 heterocycles. The van der Waals surface area contributed by atoms with Gasteiger partial charge < -0.3 is 4.74 Å². The number of halogens is 4. The molecule has 1 saturated heterocycles. The molecule has 2 aromatic heterocycles. The van der Waals surface area contributed by atoms with Crippen molar-refractivity contribution in [3.63, 3.8) is 0 Å². The normalized spacial score (nSPS) is 15.4. The summed E-state index contributed by atoms with van der Waals surface area (Å²) in [6.07, 6.45) is -3.70. The van der Waals surface area contributed by atoms with Gasteiger partial charge in [0, 0.05) is 30.0 Å². The van der Waals surface area contributed by atoms with Gasteiger partial charge in [0.2, 0.25) is 5.88 Å². The molecule has 1 aliphatic heterocycles. The van der Waals surface area contributed by atoms with Gasteiger partial charge in [-0.3, -0.25) is 14.7 Å². The van der Waals surface area contributed by atoms with E-state index in [0.29, 0.717) is 52.5 Å². The number of piperidine rings is 1. The fourth-order valence-electron chi connectivity index (χ4n) is 4.56. The van der Waals surface area contributed by atoms with Crippen molar-refractivity contribution in [1.82, 2.24) is 25.1 Å². The second-order valence-electron chi connectivity index (χ2n) is 9.72. The summed E-state index contributed by atoms with van der Waals surface area (Å²) < 4.78 is 72.7. The van der Waals surface area contributed by atoms with Crippen molar-refractivity contribution >= 4 is 38.3 Å². The summed E-state index contributed by atoms with van der Waals surface area (Å²) in [7, 11) is -3.92. The lowest BCUT2D eigenvalue weighted by Crippen LogP contribution is -2.42. The maximum atomic E-state index is 12.9. The summed E-state index contributed by atoms with van der Waals surface area (Å²) in [5.74, 6) is 0.596. The van der Waals surface area contributed by atoms with Crippen LogP contribution in [-0.2, 0) is 10.0 Å². The number of fused-ring (bicyclic) bond motifs is 1. The van der Waals surface area contributed by atoms with E-state index in [0.717, 1.165) is 5.56 Å². The van der Waals surface area contributed by atoms with E-state index in [-0.39, 0.29) is 29.1 Å². The first kappa shape index (κ1) is 28.1. The third-order valence-electron chi connectivity index (χ3n) is 6.55. The molecular weight excluding hydrogens is 569 g/mol. The standard InChI is InChI=1S/C26H26ClF3N6O3S/c1-15-3-8-20(27)21(13-15)40(37,38)35-18-6-4-17(5-7-18)23-31-24-22(16(2)33-34-24)25(32-23)39-19-9-11-36(12-10-19)14-26(28,29)30/h3-8,13,19,35H,9-12,14H2,1-2H3,(H,31,32,33,34). The van der Waals surface area contributed by atoms with E-state index in [2.05, 4.69) is 24.9 Å². The predicted octanol–water partition coefficient (Wildman–Crippen LogP) is 5.50. The lowest BCUT2D eigenvalue weighted by atomic mass is 10.1. The van der Waals surface area contributed by atoms with E-state index in [1.54, 1.807) is 44.2 Å². The van der Waals surface area contributed by atoms with Crippen LogP contribution < -0.4 is 9.46 Å². The van der Waals surface area contributed by atoms with E-state index in [1.807, 2.05) is 0 Å². The summed E-state index contributed by atoms with van der Waals surface area (Å²) in [4.78, 5) is 10.5. The minimum Gasteiger partial charge on any atom is -0.474 e. The molecule has 5 rings (SSSR count). The number of rotatable bonds is 7. The van der Waals surface area contributed by atoms with Crippen LogP contribution in [0.3, 0.4) is 0 Å². The first-order chi connectivity index (χ1) is 18.9. The smallest absolute Gasteiger partial charge is 0.401 e. The van der Waals surface area contributed by atoms with Gasteiger partial charge in [0.05, 0.1) is 11.6 Å². The largest absolute Gasteiger partial charge is 0.474 e. The number of aromatic nitrogens is 4. The van der Waals surface area contributed by atoms with E-state index in [4.69, 9.17) is 16.3 Å². The van der Waals surface area contributed by atoms with Gasteiger partial charge in [-0.25, -0.2) is 13.4 Å². The summed E-state index contributed by atoms with van der Waals surface area (Å²) in [5.41, 5.74) is 2.74. The molecule has 212 valence electrons. The van der Waals surface area contributed by atoms with Crippen molar-refractivity contribution in [3.8, 4) is 17.3 Å². The van der Waals surface area contributed by atoms with Crippen LogP contribution >= 0.6 is 11.6 Å². The van der Waals surface area contributed by atoms with Crippen LogP contribution in [0, 0.1) is 13.8 Å². The molecule has 2 N–H and O–H groups in total. The molecule has 0 radical (unpaired) electrons. The Morgan fingerprint density at radius 1 is 1.10 bits per heavy atom. The fraction of sp³-hybridized carbons (Fsp3) is 0.346. The van der Waals surface area contributed by atoms with Gasteiger partial charge in [-0.15, -0.1) is 0 Å². The second kappa shape index (κ2) is 10.9. The number of aryl methyl sites for hydroxylation is 2. The SMILES string of the molecule is Cc1ccc(Cl)c(S(=O)(=O)Nc2ccc(-c3nc(OC4CCN(CC(F)(F)F)CC4)c4c(C)[nH]nc4n3)cc2)c1. The predicted molar refractivity (Wildman–Crippen MR) is 145 cm³/mol. The summed E-state index contributed by atoms with van der Waals surface area (Å²) in [5, 5.41) is 7.82. The van der Waals surface area contributed by atoms with Crippen LogP contribution in [-0.4, -0.2) is 65.4 Å². The van der Waals surface area contributed by atoms with Crippen LogP contribution in [0.25, 0.3) is 22.4 Å². The van der Waals surface area contributed by atoms with E-state index >= 15 is 0 Å². The van der Waals surface area contributed by atoms with Crippen LogP contribution in [0.15, 0.2) is 47.4 Å². The summed E-state index contributed by atoms with van der Waals surface area (Å²) in [6.45, 7) is 3.17. The Hall–Kier alpha value is -3.42. The van der Waals surface area contributed by atoms with Crippen molar-refractivity contribution in [2.24, 2.45) is 0 Å². The lowest BCUT2D eigenvalue weighted by molar-refractivity contribution is -0.149. The number of likely N-dealkylation sites (tertiary alicyclic amines) is 1. The minimum absolute atomic E-state index is 0.0213. The van der Waals surface area contributed by atoms with Gasteiger partial charge in [0.1, 0.15) is 16.4 Å². The Balaban J connectivity index is 1.35. The number of alkyl halides is 3. The molecule has 40 heavy (non-hydrogen) atoms. The average molecular weight is 595 g/mol. The molecule has 0 spiro atoms. The highest BCUT2D eigenvalue weighted by Crippen LogP contribution is 2.31. The first-order valence-electron chi connectivity index (χ1n) is 12.5. The van der Waals surface area contributed by atoms with Gasteiger partial charge >= 0.3 is 6.18 Å². The number of benzene rings is 2. The number of nitrogens with zero attached hydrogens (tertiary/aromatic N) is 4. The number of ether oxygens (including phenoxy) is 1. The van der Waals surface area contributed by atoms with Gasteiger partial charge in [-0.2, -0.15) is 23.3 Å². The van der Waals surface area contributed by atoms with Crippen LogP contribution in [0.5, 0.6) is 5.88 Å². The van der Waals surface area contributed by atoms with Crippen molar-refractivity contribution in [2.45, 2.75) is 43.9 Å². The maximum Gasteiger partial charge on any atom is 0.401 e. The van der Waals surface area contributed by atoms with Gasteiger partial charge in [0.25, 0.3) is 10.0 Å². The Labute approximate surface area is 233 Å². The molecule has 9 nitrogen and oxygen atoms in total. The second-order valence-corrected chi connectivity index (χ2v) is 11.8. The lowest BCUT2D eigenvalue weighted by Gasteiger charge is -2.32. The number of hydrogen-bond donors (Lipinski definition) is 2. The Morgan fingerprint density at radius 2 is 1.80 bits per heavy atom. The molecule has 0 atom stereocenters. The van der Waals surface area contributed by atoms with Crippen molar-refractivity contribution in [2.75, 3.05) is 24.4 Å². The molecule has 0 unspecified atom stereocenters. The Kier molecular flexibility index (Phi) is 7.64. The highest BCUT2D eigenvalue weighted by atomic mass is 35.5. The van der Waals surface area contributed by atoms with Gasteiger partial charge in [-0.1, -0.05) is 17.7 Å². The molecule has 4 aromatic rings. The molecule has 0 aliphatic carbocycles. The highest BCUT2D eigenvalue weighted by molar-refractivity contribution is 7.92. The van der Waals surface area contributed by atoms with Gasteiger partial charge in [-0.05, 0) is 68.7 Å². The summed E-state index contributed by atoms with van der Waals surface area (Å²) in [6, 6.07) is 11.2. The van der Waals surface area contributed by atoms with Crippen molar-refractivity contribution in [1.29, 1.82) is 0 Å². The van der Waals surface area contributed by atoms with E-state index in [9.17, 15) is 21.6 Å². The molecule has 0 saturated carbocycles. The first-order valence-corrected chi connectivity index (χ1v) is 14.3. The monoisotopic (exact) mass is 594 g/mol. The number of aromatic amines is 1. The summed E-state index contributed by atoms with van der Waals surface area (Å²) >= 11 is 6.12. The minimum atomic E-state index is -4.24. The van der Waals surface area contributed by atoms with Crippen LogP contribution in [0.4, 0.5) is 18.9 Å². The highest BCUT2D eigenvalue weighted by Gasteiger charge is 2.33. The zero-order valence-corrected chi connectivity index (χ0v) is 23.2. The number of hydrogen-bond acceptors (Lipinski definition) is 7. The third kappa shape index (κ3) is 6.31. The fourth-order valence-corrected chi connectivity index (χ4v) is 6.20. The number of anilines is 1.